The van der Waals surface area contributed by atoms with E-state index in [4.69, 9.17) is 5.26 Å². The molecule has 1 saturated heterocycles. The van der Waals surface area contributed by atoms with Gasteiger partial charge in [0.15, 0.2) is 0 Å². The van der Waals surface area contributed by atoms with Crippen molar-refractivity contribution in [2.75, 3.05) is 18.0 Å². The van der Waals surface area contributed by atoms with Crippen LogP contribution in [0.5, 0.6) is 0 Å². The Kier molecular flexibility index (Phi) is 4.82. The Bertz CT molecular complexity index is 826. The summed E-state index contributed by atoms with van der Waals surface area (Å²) in [5, 5.41) is 8.89. The standard InChI is InChI=1S/C20H20FN3O/c1-14-9-18(21)6-5-17(14)12-23-13-20(25)24(11-15(23)2)19-7-3-16(10-22)4-8-19/h3-9,15H,11-13H2,1-2H3/t15-/m0/s1. The molecule has 0 aromatic heterocycles. The summed E-state index contributed by atoms with van der Waals surface area (Å²) in [5.41, 5.74) is 3.32. The van der Waals surface area contributed by atoms with E-state index in [2.05, 4.69) is 17.9 Å². The molecule has 128 valence electrons. The normalized spacial score (nSPS) is 18.2. The third-order valence-electron chi connectivity index (χ3n) is 4.70. The number of aryl methyl sites for hydroxylation is 1. The molecule has 1 atom stereocenters. The van der Waals surface area contributed by atoms with Gasteiger partial charge in [0.1, 0.15) is 5.82 Å². The average Bonchev–Trinajstić information content (AvgIpc) is 2.60. The van der Waals surface area contributed by atoms with Crippen LogP contribution in [-0.4, -0.2) is 29.9 Å². The summed E-state index contributed by atoms with van der Waals surface area (Å²) in [6, 6.07) is 14.1. The van der Waals surface area contributed by atoms with Gasteiger partial charge in [-0.2, -0.15) is 5.26 Å². The molecule has 0 bridgehead atoms. The minimum atomic E-state index is -0.240. The van der Waals surface area contributed by atoms with Crippen molar-refractivity contribution in [2.24, 2.45) is 0 Å². The monoisotopic (exact) mass is 337 g/mol. The Morgan fingerprint density at radius 1 is 1.24 bits per heavy atom. The van der Waals surface area contributed by atoms with Crippen LogP contribution in [0, 0.1) is 24.1 Å². The second-order valence-electron chi connectivity index (χ2n) is 6.49. The van der Waals surface area contributed by atoms with E-state index in [9.17, 15) is 9.18 Å². The molecular weight excluding hydrogens is 317 g/mol. The van der Waals surface area contributed by atoms with Gasteiger partial charge in [-0.25, -0.2) is 4.39 Å². The van der Waals surface area contributed by atoms with Crippen LogP contribution in [-0.2, 0) is 11.3 Å². The van der Waals surface area contributed by atoms with Crippen LogP contribution in [0.15, 0.2) is 42.5 Å². The molecule has 3 rings (SSSR count). The van der Waals surface area contributed by atoms with Gasteiger partial charge in [-0.1, -0.05) is 6.07 Å². The summed E-state index contributed by atoms with van der Waals surface area (Å²) < 4.78 is 13.3. The van der Waals surface area contributed by atoms with Crippen LogP contribution in [0.25, 0.3) is 0 Å². The zero-order chi connectivity index (χ0) is 18.0. The van der Waals surface area contributed by atoms with E-state index in [0.29, 0.717) is 25.2 Å². The summed E-state index contributed by atoms with van der Waals surface area (Å²) in [7, 11) is 0. The molecule has 0 unspecified atom stereocenters. The van der Waals surface area contributed by atoms with Gasteiger partial charge in [-0.3, -0.25) is 9.69 Å². The molecule has 0 saturated carbocycles. The number of nitrogens with zero attached hydrogens (tertiary/aromatic N) is 3. The van der Waals surface area contributed by atoms with Crippen molar-refractivity contribution in [3.8, 4) is 6.07 Å². The number of piperazine rings is 1. The maximum absolute atomic E-state index is 13.3. The molecule has 0 radical (unpaired) electrons. The first kappa shape index (κ1) is 17.1. The van der Waals surface area contributed by atoms with Crippen molar-refractivity contribution in [1.29, 1.82) is 5.26 Å². The fourth-order valence-electron chi connectivity index (χ4n) is 3.13. The molecule has 1 heterocycles. The minimum Gasteiger partial charge on any atom is -0.310 e. The maximum atomic E-state index is 13.3. The van der Waals surface area contributed by atoms with Gasteiger partial charge < -0.3 is 4.90 Å². The molecule has 1 aliphatic heterocycles. The Balaban J connectivity index is 1.73. The summed E-state index contributed by atoms with van der Waals surface area (Å²) in [5.74, 6) is -0.210. The molecule has 2 aromatic rings. The summed E-state index contributed by atoms with van der Waals surface area (Å²) >= 11 is 0. The van der Waals surface area contributed by atoms with Crippen LogP contribution in [0.3, 0.4) is 0 Å². The van der Waals surface area contributed by atoms with E-state index in [-0.39, 0.29) is 17.8 Å². The van der Waals surface area contributed by atoms with E-state index in [1.54, 1.807) is 23.1 Å². The first-order chi connectivity index (χ1) is 12.0. The minimum absolute atomic E-state index is 0.0302. The lowest BCUT2D eigenvalue weighted by atomic mass is 10.1. The molecular formula is C20H20FN3O. The van der Waals surface area contributed by atoms with Gasteiger partial charge in [0.05, 0.1) is 18.2 Å². The van der Waals surface area contributed by atoms with Crippen LogP contribution < -0.4 is 4.90 Å². The van der Waals surface area contributed by atoms with Gasteiger partial charge in [0.25, 0.3) is 0 Å². The Morgan fingerprint density at radius 3 is 2.60 bits per heavy atom. The summed E-state index contributed by atoms with van der Waals surface area (Å²) in [6.07, 6.45) is 0. The molecule has 2 aromatic carbocycles. The second kappa shape index (κ2) is 7.04. The van der Waals surface area contributed by atoms with Crippen molar-refractivity contribution >= 4 is 11.6 Å². The van der Waals surface area contributed by atoms with Crippen molar-refractivity contribution in [2.45, 2.75) is 26.4 Å². The number of amides is 1. The molecule has 0 spiro atoms. The molecule has 5 heteroatoms. The highest BCUT2D eigenvalue weighted by atomic mass is 19.1. The van der Waals surface area contributed by atoms with Gasteiger partial charge in [0.2, 0.25) is 5.91 Å². The predicted octanol–water partition coefficient (Wildman–Crippen LogP) is 3.24. The number of carbonyl (C=O) groups excluding carboxylic acids is 1. The topological polar surface area (TPSA) is 47.3 Å². The Hall–Kier alpha value is -2.71. The third-order valence-corrected chi connectivity index (χ3v) is 4.70. The highest BCUT2D eigenvalue weighted by molar-refractivity contribution is 5.95. The zero-order valence-electron chi connectivity index (χ0n) is 14.4. The van der Waals surface area contributed by atoms with Gasteiger partial charge in [-0.15, -0.1) is 0 Å². The fourth-order valence-corrected chi connectivity index (χ4v) is 3.13. The number of benzene rings is 2. The van der Waals surface area contributed by atoms with Crippen LogP contribution >= 0.6 is 0 Å². The highest BCUT2D eigenvalue weighted by Crippen LogP contribution is 2.23. The average molecular weight is 337 g/mol. The first-order valence-electron chi connectivity index (χ1n) is 8.27. The number of hydrogen-bond acceptors (Lipinski definition) is 3. The Morgan fingerprint density at radius 2 is 1.96 bits per heavy atom. The third kappa shape index (κ3) is 3.70. The van der Waals surface area contributed by atoms with Crippen molar-refractivity contribution < 1.29 is 9.18 Å². The van der Waals surface area contributed by atoms with E-state index < -0.39 is 0 Å². The molecule has 1 amide bonds. The van der Waals surface area contributed by atoms with E-state index in [1.165, 1.54) is 12.1 Å². The lowest BCUT2D eigenvalue weighted by molar-refractivity contribution is -0.122. The number of carbonyl (C=O) groups is 1. The number of nitriles is 1. The predicted molar refractivity (Wildman–Crippen MR) is 94.5 cm³/mol. The molecule has 4 nitrogen and oxygen atoms in total. The molecule has 0 aliphatic carbocycles. The van der Waals surface area contributed by atoms with Crippen LogP contribution in [0.4, 0.5) is 10.1 Å². The molecule has 25 heavy (non-hydrogen) atoms. The van der Waals surface area contributed by atoms with Crippen LogP contribution in [0.2, 0.25) is 0 Å². The van der Waals surface area contributed by atoms with E-state index in [1.807, 2.05) is 19.1 Å². The number of anilines is 1. The van der Waals surface area contributed by atoms with Crippen molar-refractivity contribution in [3.05, 3.63) is 65.0 Å². The van der Waals surface area contributed by atoms with E-state index >= 15 is 0 Å². The lowest BCUT2D eigenvalue weighted by Crippen LogP contribution is -2.54. The molecule has 1 aliphatic rings. The second-order valence-corrected chi connectivity index (χ2v) is 6.49. The maximum Gasteiger partial charge on any atom is 0.241 e. The zero-order valence-corrected chi connectivity index (χ0v) is 14.4. The lowest BCUT2D eigenvalue weighted by Gasteiger charge is -2.39. The van der Waals surface area contributed by atoms with Gasteiger partial charge in [-0.05, 0) is 61.4 Å². The van der Waals surface area contributed by atoms with Gasteiger partial charge >= 0.3 is 0 Å². The smallest absolute Gasteiger partial charge is 0.241 e. The first-order valence-corrected chi connectivity index (χ1v) is 8.27. The SMILES string of the molecule is Cc1cc(F)ccc1CN1CC(=O)N(c2ccc(C#N)cc2)C[C@@H]1C. The summed E-state index contributed by atoms with van der Waals surface area (Å²) in [4.78, 5) is 16.5. The highest BCUT2D eigenvalue weighted by Gasteiger charge is 2.30. The number of hydrogen-bond donors (Lipinski definition) is 0. The molecule has 1 fully saturated rings. The number of halogens is 1. The molecule has 0 N–H and O–H groups in total. The van der Waals surface area contributed by atoms with Crippen LogP contribution in [0.1, 0.15) is 23.6 Å². The fraction of sp³-hybridized carbons (Fsp3) is 0.300. The number of rotatable bonds is 3. The van der Waals surface area contributed by atoms with Crippen molar-refractivity contribution in [1.82, 2.24) is 4.90 Å². The largest absolute Gasteiger partial charge is 0.310 e. The van der Waals surface area contributed by atoms with E-state index in [0.717, 1.165) is 16.8 Å². The Labute approximate surface area is 147 Å². The quantitative estimate of drug-likeness (QED) is 0.864. The summed E-state index contributed by atoms with van der Waals surface area (Å²) in [6.45, 7) is 5.50. The van der Waals surface area contributed by atoms with Gasteiger partial charge in [0, 0.05) is 24.8 Å². The van der Waals surface area contributed by atoms with Crippen molar-refractivity contribution in [3.63, 3.8) is 0 Å².